The molecule has 2 rings (SSSR count). The molecule has 0 radical (unpaired) electrons. The van der Waals surface area contributed by atoms with Crippen molar-refractivity contribution in [3.63, 3.8) is 0 Å². The molecule has 0 atom stereocenters. The van der Waals surface area contributed by atoms with Crippen LogP contribution >= 0.6 is 11.6 Å². The Hall–Kier alpha value is -1.16. The fourth-order valence-electron chi connectivity index (χ4n) is 1.21. The first-order chi connectivity index (χ1) is 6.18. The predicted octanol–water partition coefficient (Wildman–Crippen LogP) is 2.06. The molecule has 2 heterocycles. The quantitative estimate of drug-likeness (QED) is 0.656. The summed E-state index contributed by atoms with van der Waals surface area (Å²) < 4.78 is 2.01. The zero-order chi connectivity index (χ0) is 9.42. The molecule has 0 amide bonds. The van der Waals surface area contributed by atoms with Gasteiger partial charge in [0.15, 0.2) is 5.65 Å². The van der Waals surface area contributed by atoms with Crippen molar-refractivity contribution in [3.05, 3.63) is 17.8 Å². The van der Waals surface area contributed by atoms with Crippen LogP contribution in [0.15, 0.2) is 12.5 Å². The topological polar surface area (TPSA) is 43.6 Å². The van der Waals surface area contributed by atoms with E-state index in [1.54, 1.807) is 12.5 Å². The fourth-order valence-corrected chi connectivity index (χ4v) is 1.34. The highest BCUT2D eigenvalue weighted by Crippen LogP contribution is 2.15. The molecular formula is C8H9ClN4. The van der Waals surface area contributed by atoms with Gasteiger partial charge in [-0.3, -0.25) is 0 Å². The predicted molar refractivity (Wildman–Crippen MR) is 50.7 cm³/mol. The number of imidazole rings is 1. The molecule has 13 heavy (non-hydrogen) atoms. The van der Waals surface area contributed by atoms with E-state index in [1.165, 1.54) is 0 Å². The largest absolute Gasteiger partial charge is 0.325 e. The van der Waals surface area contributed by atoms with Crippen molar-refractivity contribution < 1.29 is 0 Å². The lowest BCUT2D eigenvalue weighted by Crippen LogP contribution is -1.98. The Labute approximate surface area is 80.6 Å². The number of halogens is 1. The van der Waals surface area contributed by atoms with Crippen molar-refractivity contribution in [1.29, 1.82) is 0 Å². The van der Waals surface area contributed by atoms with Crippen molar-refractivity contribution >= 4 is 22.8 Å². The summed E-state index contributed by atoms with van der Waals surface area (Å²) in [6.07, 6.45) is 3.44. The summed E-state index contributed by atoms with van der Waals surface area (Å²) in [6, 6.07) is 0.356. The van der Waals surface area contributed by atoms with Gasteiger partial charge in [0, 0.05) is 6.04 Å². The summed E-state index contributed by atoms with van der Waals surface area (Å²) in [7, 11) is 0. The molecule has 0 spiro atoms. The lowest BCUT2D eigenvalue weighted by molar-refractivity contribution is 0.617. The van der Waals surface area contributed by atoms with Gasteiger partial charge in [0.1, 0.15) is 5.52 Å². The van der Waals surface area contributed by atoms with E-state index < -0.39 is 0 Å². The standard InChI is InChI=1S/C8H9ClN4/c1-5(2)13-4-11-7-6(13)3-10-8(9)12-7/h3-5H,1-2H3. The van der Waals surface area contributed by atoms with Crippen LogP contribution < -0.4 is 0 Å². The summed E-state index contributed by atoms with van der Waals surface area (Å²) in [5, 5.41) is 0.238. The molecule has 0 aromatic carbocycles. The van der Waals surface area contributed by atoms with Crippen LogP contribution in [-0.2, 0) is 0 Å². The molecule has 0 saturated carbocycles. The summed E-state index contributed by atoms with van der Waals surface area (Å²) >= 11 is 5.64. The van der Waals surface area contributed by atoms with Crippen molar-refractivity contribution in [2.24, 2.45) is 0 Å². The van der Waals surface area contributed by atoms with E-state index in [0.29, 0.717) is 11.7 Å². The van der Waals surface area contributed by atoms with Gasteiger partial charge in [0.25, 0.3) is 0 Å². The number of hydrogen-bond acceptors (Lipinski definition) is 3. The zero-order valence-corrected chi connectivity index (χ0v) is 8.15. The Kier molecular flexibility index (Phi) is 1.92. The van der Waals surface area contributed by atoms with E-state index in [9.17, 15) is 0 Å². The highest BCUT2D eigenvalue weighted by Gasteiger charge is 2.06. The SMILES string of the molecule is CC(C)n1cnc2nc(Cl)ncc21. The van der Waals surface area contributed by atoms with Crippen molar-refractivity contribution in [3.8, 4) is 0 Å². The van der Waals surface area contributed by atoms with Gasteiger partial charge in [-0.2, -0.15) is 4.98 Å². The molecule has 0 aliphatic rings. The van der Waals surface area contributed by atoms with E-state index >= 15 is 0 Å². The van der Waals surface area contributed by atoms with Crippen LogP contribution in [0.2, 0.25) is 5.28 Å². The summed E-state index contributed by atoms with van der Waals surface area (Å²) in [5.41, 5.74) is 1.56. The second kappa shape index (κ2) is 2.96. The number of hydrogen-bond donors (Lipinski definition) is 0. The average molecular weight is 197 g/mol. The molecule has 0 saturated heterocycles. The van der Waals surface area contributed by atoms with Gasteiger partial charge in [-0.05, 0) is 25.4 Å². The minimum atomic E-state index is 0.238. The number of rotatable bonds is 1. The Balaban J connectivity index is 2.69. The maximum atomic E-state index is 5.64. The van der Waals surface area contributed by atoms with Gasteiger partial charge in [0.05, 0.1) is 12.5 Å². The summed E-state index contributed by atoms with van der Waals surface area (Å²) in [4.78, 5) is 12.0. The Morgan fingerprint density at radius 1 is 1.38 bits per heavy atom. The van der Waals surface area contributed by atoms with Gasteiger partial charge in [-0.25, -0.2) is 9.97 Å². The van der Waals surface area contributed by atoms with Crippen molar-refractivity contribution in [2.45, 2.75) is 19.9 Å². The second-order valence-electron chi connectivity index (χ2n) is 3.09. The Morgan fingerprint density at radius 3 is 2.85 bits per heavy atom. The Morgan fingerprint density at radius 2 is 2.15 bits per heavy atom. The molecular weight excluding hydrogens is 188 g/mol. The van der Waals surface area contributed by atoms with Gasteiger partial charge in [-0.15, -0.1) is 0 Å². The second-order valence-corrected chi connectivity index (χ2v) is 3.43. The van der Waals surface area contributed by atoms with Crippen LogP contribution in [0.25, 0.3) is 11.2 Å². The van der Waals surface area contributed by atoms with Crippen LogP contribution in [0.5, 0.6) is 0 Å². The Bertz CT molecular complexity index is 435. The molecule has 4 nitrogen and oxygen atoms in total. The number of fused-ring (bicyclic) bond motifs is 1. The number of nitrogens with zero attached hydrogens (tertiary/aromatic N) is 4. The van der Waals surface area contributed by atoms with Crippen LogP contribution in [0.1, 0.15) is 19.9 Å². The minimum absolute atomic E-state index is 0.238. The van der Waals surface area contributed by atoms with Crippen LogP contribution in [-0.4, -0.2) is 19.5 Å². The normalized spacial score (nSPS) is 11.4. The van der Waals surface area contributed by atoms with Crippen LogP contribution in [0, 0.1) is 0 Å². The zero-order valence-electron chi connectivity index (χ0n) is 7.40. The van der Waals surface area contributed by atoms with E-state index in [-0.39, 0.29) is 5.28 Å². The molecule has 68 valence electrons. The molecule has 0 aliphatic heterocycles. The third-order valence-electron chi connectivity index (χ3n) is 1.86. The molecule has 0 bridgehead atoms. The highest BCUT2D eigenvalue weighted by atomic mass is 35.5. The molecule has 0 N–H and O–H groups in total. The molecule has 0 unspecified atom stereocenters. The first-order valence-electron chi connectivity index (χ1n) is 4.03. The minimum Gasteiger partial charge on any atom is -0.325 e. The average Bonchev–Trinajstić information content (AvgIpc) is 2.46. The maximum absolute atomic E-state index is 5.64. The number of aromatic nitrogens is 4. The lowest BCUT2D eigenvalue weighted by Gasteiger charge is -2.06. The first kappa shape index (κ1) is 8.44. The molecule has 0 aliphatic carbocycles. The van der Waals surface area contributed by atoms with E-state index in [0.717, 1.165) is 5.52 Å². The highest BCUT2D eigenvalue weighted by molar-refractivity contribution is 6.28. The van der Waals surface area contributed by atoms with Crippen molar-refractivity contribution in [2.75, 3.05) is 0 Å². The summed E-state index contributed by atoms with van der Waals surface area (Å²) in [5.74, 6) is 0. The van der Waals surface area contributed by atoms with Crippen LogP contribution in [0.4, 0.5) is 0 Å². The van der Waals surface area contributed by atoms with Gasteiger partial charge in [-0.1, -0.05) is 0 Å². The maximum Gasteiger partial charge on any atom is 0.224 e. The molecule has 2 aromatic rings. The van der Waals surface area contributed by atoms with E-state index in [4.69, 9.17) is 11.6 Å². The first-order valence-corrected chi connectivity index (χ1v) is 4.41. The fraction of sp³-hybridized carbons (Fsp3) is 0.375. The smallest absolute Gasteiger partial charge is 0.224 e. The third kappa shape index (κ3) is 1.37. The van der Waals surface area contributed by atoms with E-state index in [2.05, 4.69) is 28.8 Å². The van der Waals surface area contributed by atoms with Gasteiger partial charge >= 0.3 is 0 Å². The van der Waals surface area contributed by atoms with Crippen molar-refractivity contribution in [1.82, 2.24) is 19.5 Å². The van der Waals surface area contributed by atoms with Gasteiger partial charge in [0.2, 0.25) is 5.28 Å². The van der Waals surface area contributed by atoms with Gasteiger partial charge < -0.3 is 4.57 Å². The third-order valence-corrected chi connectivity index (χ3v) is 2.04. The summed E-state index contributed by atoms with van der Waals surface area (Å²) in [6.45, 7) is 4.16. The monoisotopic (exact) mass is 196 g/mol. The molecule has 5 heteroatoms. The molecule has 2 aromatic heterocycles. The van der Waals surface area contributed by atoms with E-state index in [1.807, 2.05) is 4.57 Å². The van der Waals surface area contributed by atoms with Crippen LogP contribution in [0.3, 0.4) is 0 Å². The molecule has 0 fully saturated rings. The lowest BCUT2D eigenvalue weighted by atomic mass is 10.4.